The molecule has 3 heteroatoms. The Morgan fingerprint density at radius 2 is 2.50 bits per heavy atom. The van der Waals surface area contributed by atoms with Crippen LogP contribution in [0.5, 0.6) is 0 Å². The summed E-state index contributed by atoms with van der Waals surface area (Å²) in [6, 6.07) is 0. The van der Waals surface area contributed by atoms with Crippen LogP contribution in [0.25, 0.3) is 0 Å². The monoisotopic (exact) mass is 137 g/mol. The van der Waals surface area contributed by atoms with Crippen LogP contribution in [0.1, 0.15) is 6.42 Å². The van der Waals surface area contributed by atoms with Gasteiger partial charge in [0.25, 0.3) is 0 Å². The lowest BCUT2D eigenvalue weighted by Gasteiger charge is -2.20. The minimum absolute atomic E-state index is 0.889. The lowest BCUT2D eigenvalue weighted by molar-refractivity contribution is 0.697. The van der Waals surface area contributed by atoms with E-state index in [0.717, 1.165) is 26.1 Å². The summed E-state index contributed by atoms with van der Waals surface area (Å²) in [5.74, 6) is 0. The molecule has 2 rings (SSSR count). The Hall–Kier alpha value is -0.830. The molecule has 0 aromatic rings. The van der Waals surface area contributed by atoms with Crippen LogP contribution in [0.3, 0.4) is 0 Å². The first-order valence-electron chi connectivity index (χ1n) is 3.66. The van der Waals surface area contributed by atoms with Gasteiger partial charge in [0.05, 0.1) is 12.3 Å². The topological polar surface area (TPSA) is 36.4 Å². The smallest absolute Gasteiger partial charge is 0.0658 e. The molecular formula is C7H11N3. The molecule has 10 heavy (non-hydrogen) atoms. The molecule has 0 atom stereocenters. The molecule has 2 aliphatic heterocycles. The van der Waals surface area contributed by atoms with Gasteiger partial charge in [-0.25, -0.2) is 0 Å². The van der Waals surface area contributed by atoms with E-state index in [9.17, 15) is 0 Å². The number of rotatable bonds is 0. The fraction of sp³-hybridized carbons (Fsp3) is 0.571. The zero-order valence-corrected chi connectivity index (χ0v) is 5.85. The minimum Gasteiger partial charge on any atom is -0.312 e. The molecule has 2 heterocycles. The van der Waals surface area contributed by atoms with Crippen LogP contribution >= 0.6 is 0 Å². The summed E-state index contributed by atoms with van der Waals surface area (Å²) in [5, 5.41) is 7.52. The maximum Gasteiger partial charge on any atom is 0.0658 e. The van der Waals surface area contributed by atoms with Crippen molar-refractivity contribution in [3.63, 3.8) is 0 Å². The maximum absolute atomic E-state index is 4.21. The first kappa shape index (κ1) is 5.92. The second-order valence-corrected chi connectivity index (χ2v) is 2.58. The third-order valence-electron chi connectivity index (χ3n) is 1.88. The van der Waals surface area contributed by atoms with Gasteiger partial charge >= 0.3 is 0 Å². The average Bonchev–Trinajstić information content (AvgIpc) is 2.05. The quantitative estimate of drug-likeness (QED) is 0.488. The third kappa shape index (κ3) is 0.926. The molecule has 3 nitrogen and oxygen atoms in total. The van der Waals surface area contributed by atoms with Gasteiger partial charge in [0.15, 0.2) is 0 Å². The maximum atomic E-state index is 4.21. The van der Waals surface area contributed by atoms with Crippen LogP contribution in [-0.2, 0) is 0 Å². The van der Waals surface area contributed by atoms with Gasteiger partial charge in [-0.2, -0.15) is 5.10 Å². The predicted octanol–water partition coefficient (Wildman–Crippen LogP) is -0.135. The Morgan fingerprint density at radius 3 is 3.40 bits per heavy atom. The lowest BCUT2D eigenvalue weighted by atomic mass is 10.0. The van der Waals surface area contributed by atoms with Crippen LogP contribution in [0.2, 0.25) is 0 Å². The van der Waals surface area contributed by atoms with E-state index >= 15 is 0 Å². The molecule has 0 aromatic heterocycles. The molecule has 2 aliphatic rings. The number of nitrogens with zero attached hydrogens (tertiary/aromatic N) is 1. The largest absolute Gasteiger partial charge is 0.312 e. The molecule has 2 N–H and O–H groups in total. The Balaban J connectivity index is 2.19. The van der Waals surface area contributed by atoms with Gasteiger partial charge in [-0.15, -0.1) is 0 Å². The second kappa shape index (κ2) is 2.42. The normalized spacial score (nSPS) is 24.0. The van der Waals surface area contributed by atoms with Gasteiger partial charge in [-0.05, 0) is 5.57 Å². The number of piperidine rings is 1. The number of fused-ring (bicyclic) bond motifs is 1. The third-order valence-corrected chi connectivity index (χ3v) is 1.88. The molecule has 54 valence electrons. The zero-order chi connectivity index (χ0) is 6.81. The van der Waals surface area contributed by atoms with E-state index in [1.54, 1.807) is 0 Å². The fourth-order valence-corrected chi connectivity index (χ4v) is 1.32. The van der Waals surface area contributed by atoms with Gasteiger partial charge in [0, 0.05) is 19.5 Å². The Kier molecular flexibility index (Phi) is 1.43. The predicted molar refractivity (Wildman–Crippen MR) is 41.0 cm³/mol. The van der Waals surface area contributed by atoms with Crippen LogP contribution in [-0.4, -0.2) is 25.3 Å². The highest BCUT2D eigenvalue weighted by Gasteiger charge is 2.13. The zero-order valence-electron chi connectivity index (χ0n) is 5.85. The van der Waals surface area contributed by atoms with Crippen molar-refractivity contribution in [2.45, 2.75) is 6.42 Å². The molecule has 0 spiro atoms. The van der Waals surface area contributed by atoms with Crippen LogP contribution in [0, 0.1) is 0 Å². The van der Waals surface area contributed by atoms with Crippen molar-refractivity contribution in [1.82, 2.24) is 10.7 Å². The van der Waals surface area contributed by atoms with E-state index in [1.807, 2.05) is 0 Å². The standard InChI is InChI=1S/C7H11N3/c1-4-9-10-7-2-3-8-5-6(1)7/h1,8-9H,2-5H2. The van der Waals surface area contributed by atoms with Crippen molar-refractivity contribution in [1.29, 1.82) is 0 Å². The number of hydrogen-bond acceptors (Lipinski definition) is 3. The summed E-state index contributed by atoms with van der Waals surface area (Å²) < 4.78 is 0. The molecule has 0 radical (unpaired) electrons. The average molecular weight is 137 g/mol. The molecule has 1 fully saturated rings. The van der Waals surface area contributed by atoms with E-state index in [-0.39, 0.29) is 0 Å². The fourth-order valence-electron chi connectivity index (χ4n) is 1.32. The molecule has 0 bridgehead atoms. The van der Waals surface area contributed by atoms with Crippen LogP contribution in [0.15, 0.2) is 16.8 Å². The summed E-state index contributed by atoms with van der Waals surface area (Å²) in [4.78, 5) is 0. The highest BCUT2D eigenvalue weighted by Crippen LogP contribution is 2.07. The Bertz CT molecular complexity index is 171. The first-order chi connectivity index (χ1) is 4.97. The summed E-state index contributed by atoms with van der Waals surface area (Å²) in [7, 11) is 0. The number of hydrogen-bond donors (Lipinski definition) is 2. The summed E-state index contributed by atoms with van der Waals surface area (Å²) in [6.45, 7) is 2.96. The summed E-state index contributed by atoms with van der Waals surface area (Å²) in [6.07, 6.45) is 3.27. The van der Waals surface area contributed by atoms with Gasteiger partial charge in [0.2, 0.25) is 0 Å². The molecule has 0 amide bonds. The van der Waals surface area contributed by atoms with E-state index in [0.29, 0.717) is 0 Å². The van der Waals surface area contributed by atoms with Crippen molar-refractivity contribution in [2.75, 3.05) is 19.6 Å². The van der Waals surface area contributed by atoms with Crippen molar-refractivity contribution in [3.05, 3.63) is 11.6 Å². The molecule has 0 unspecified atom stereocenters. The highest BCUT2D eigenvalue weighted by atomic mass is 15.3. The summed E-state index contributed by atoms with van der Waals surface area (Å²) in [5.41, 5.74) is 5.59. The van der Waals surface area contributed by atoms with Crippen molar-refractivity contribution < 1.29 is 0 Å². The van der Waals surface area contributed by atoms with Crippen molar-refractivity contribution in [2.24, 2.45) is 5.10 Å². The lowest BCUT2D eigenvalue weighted by Crippen LogP contribution is -2.34. The molecule has 0 aliphatic carbocycles. The van der Waals surface area contributed by atoms with E-state index in [2.05, 4.69) is 21.9 Å². The first-order valence-corrected chi connectivity index (χ1v) is 3.66. The SMILES string of the molecule is C1=C2CNCCC2=NNC1. The van der Waals surface area contributed by atoms with E-state index in [1.165, 1.54) is 11.3 Å². The van der Waals surface area contributed by atoms with Crippen molar-refractivity contribution >= 4 is 5.71 Å². The molecule has 0 aromatic carbocycles. The van der Waals surface area contributed by atoms with Crippen LogP contribution in [0.4, 0.5) is 0 Å². The van der Waals surface area contributed by atoms with Gasteiger partial charge in [0.1, 0.15) is 0 Å². The van der Waals surface area contributed by atoms with Gasteiger partial charge in [-0.3, -0.25) is 0 Å². The Morgan fingerprint density at radius 1 is 1.50 bits per heavy atom. The van der Waals surface area contributed by atoms with Gasteiger partial charge < -0.3 is 10.7 Å². The summed E-state index contributed by atoms with van der Waals surface area (Å²) >= 11 is 0. The van der Waals surface area contributed by atoms with Gasteiger partial charge in [-0.1, -0.05) is 6.08 Å². The second-order valence-electron chi connectivity index (χ2n) is 2.58. The van der Waals surface area contributed by atoms with E-state index < -0.39 is 0 Å². The number of nitrogens with one attached hydrogen (secondary N) is 2. The highest BCUT2D eigenvalue weighted by molar-refractivity contribution is 6.01. The van der Waals surface area contributed by atoms with E-state index in [4.69, 9.17) is 0 Å². The molecule has 0 saturated carbocycles. The Labute approximate surface area is 60.2 Å². The molecular weight excluding hydrogens is 126 g/mol. The minimum atomic E-state index is 0.889. The van der Waals surface area contributed by atoms with Crippen LogP contribution < -0.4 is 10.7 Å². The van der Waals surface area contributed by atoms with Crippen molar-refractivity contribution in [3.8, 4) is 0 Å². The number of hydrazone groups is 1. The molecule has 1 saturated heterocycles.